The van der Waals surface area contributed by atoms with E-state index >= 15 is 0 Å². The summed E-state index contributed by atoms with van der Waals surface area (Å²) in [5.74, 6) is -2.19. The Hall–Kier alpha value is -1.61. The van der Waals surface area contributed by atoms with Crippen LogP contribution in [0, 0.1) is 11.6 Å². The summed E-state index contributed by atoms with van der Waals surface area (Å²) in [6.45, 7) is 5.62. The number of nitrogens with one attached hydrogen (secondary N) is 1. The van der Waals surface area contributed by atoms with Gasteiger partial charge in [-0.2, -0.15) is 4.37 Å². The Morgan fingerprint density at radius 3 is 2.48 bits per heavy atom. The third-order valence-electron chi connectivity index (χ3n) is 2.52. The summed E-state index contributed by atoms with van der Waals surface area (Å²) in [6.07, 6.45) is 0. The molecule has 0 aliphatic heterocycles. The van der Waals surface area contributed by atoms with E-state index in [-0.39, 0.29) is 10.5 Å². The van der Waals surface area contributed by atoms with Gasteiger partial charge in [0.05, 0.1) is 0 Å². The first-order valence-corrected chi connectivity index (χ1v) is 8.18. The molecule has 0 aliphatic rings. The van der Waals surface area contributed by atoms with Gasteiger partial charge in [0.25, 0.3) is 10.0 Å². The Kier molecular flexibility index (Phi) is 3.98. The van der Waals surface area contributed by atoms with E-state index in [9.17, 15) is 17.2 Å². The molecule has 1 aromatic carbocycles. The molecule has 21 heavy (non-hydrogen) atoms. The van der Waals surface area contributed by atoms with Crippen LogP contribution >= 0.6 is 11.5 Å². The summed E-state index contributed by atoms with van der Waals surface area (Å²) < 4.78 is 56.9. The van der Waals surface area contributed by atoms with Gasteiger partial charge in [-0.25, -0.2) is 22.2 Å². The zero-order valence-corrected chi connectivity index (χ0v) is 13.1. The first-order chi connectivity index (χ1) is 9.61. The van der Waals surface area contributed by atoms with Crippen molar-refractivity contribution in [2.45, 2.75) is 31.1 Å². The fraction of sp³-hybridized carbons (Fsp3) is 0.333. The van der Waals surface area contributed by atoms with E-state index in [0.717, 1.165) is 29.7 Å². The molecule has 2 aromatic rings. The normalized spacial score (nSPS) is 12.4. The van der Waals surface area contributed by atoms with Crippen LogP contribution in [-0.4, -0.2) is 17.8 Å². The molecule has 2 rings (SSSR count). The number of benzene rings is 1. The van der Waals surface area contributed by atoms with Gasteiger partial charge in [-0.05, 0) is 12.1 Å². The van der Waals surface area contributed by atoms with Gasteiger partial charge in [0.2, 0.25) is 5.13 Å². The molecule has 0 fully saturated rings. The number of sulfonamides is 1. The monoisotopic (exact) mass is 333 g/mol. The Bertz CT molecular complexity index is 767. The number of nitrogens with zero attached hydrogens (tertiary/aromatic N) is 2. The predicted octanol–water partition coefficient (Wildman–Crippen LogP) is 2.91. The second kappa shape index (κ2) is 5.30. The molecule has 0 unspecified atom stereocenters. The van der Waals surface area contributed by atoms with Crippen molar-refractivity contribution in [3.05, 3.63) is 35.7 Å². The molecule has 0 radical (unpaired) electrons. The lowest BCUT2D eigenvalue weighted by Gasteiger charge is -2.12. The van der Waals surface area contributed by atoms with Crippen LogP contribution in [-0.2, 0) is 15.4 Å². The fourth-order valence-electron chi connectivity index (χ4n) is 1.43. The van der Waals surface area contributed by atoms with E-state index in [1.165, 1.54) is 0 Å². The predicted molar refractivity (Wildman–Crippen MR) is 75.8 cm³/mol. The number of hydrogen-bond donors (Lipinski definition) is 1. The van der Waals surface area contributed by atoms with E-state index in [2.05, 4.69) is 14.1 Å². The van der Waals surface area contributed by atoms with Gasteiger partial charge < -0.3 is 0 Å². The van der Waals surface area contributed by atoms with Crippen LogP contribution in [0.5, 0.6) is 0 Å². The highest BCUT2D eigenvalue weighted by Gasteiger charge is 2.25. The number of aromatic nitrogens is 2. The average molecular weight is 333 g/mol. The molecule has 0 spiro atoms. The molecule has 0 atom stereocenters. The second-order valence-corrected chi connectivity index (χ2v) is 7.73. The van der Waals surface area contributed by atoms with Crippen LogP contribution in [0.4, 0.5) is 13.9 Å². The lowest BCUT2D eigenvalue weighted by atomic mass is 9.96. The molecule has 1 N–H and O–H groups in total. The van der Waals surface area contributed by atoms with Gasteiger partial charge in [-0.1, -0.05) is 26.8 Å². The van der Waals surface area contributed by atoms with Crippen molar-refractivity contribution in [2.24, 2.45) is 0 Å². The number of anilines is 1. The lowest BCUT2D eigenvalue weighted by molar-refractivity contribution is 0.485. The molecule has 0 bridgehead atoms. The topological polar surface area (TPSA) is 72.0 Å². The summed E-state index contributed by atoms with van der Waals surface area (Å²) in [4.78, 5) is 3.28. The van der Waals surface area contributed by atoms with Crippen molar-refractivity contribution >= 4 is 26.7 Å². The summed E-state index contributed by atoms with van der Waals surface area (Å²) in [7, 11) is -4.26. The van der Waals surface area contributed by atoms with Gasteiger partial charge in [0, 0.05) is 16.9 Å². The van der Waals surface area contributed by atoms with Gasteiger partial charge >= 0.3 is 0 Å². The minimum atomic E-state index is -4.26. The highest BCUT2D eigenvalue weighted by molar-refractivity contribution is 7.93. The van der Waals surface area contributed by atoms with Crippen molar-refractivity contribution < 1.29 is 17.2 Å². The van der Waals surface area contributed by atoms with Gasteiger partial charge in [0.1, 0.15) is 10.7 Å². The Balaban J connectivity index is 2.34. The molecule has 114 valence electrons. The summed E-state index contributed by atoms with van der Waals surface area (Å²) in [5, 5.41) is 0.00332. The molecule has 1 heterocycles. The smallest absolute Gasteiger partial charge is 0.253 e. The minimum Gasteiger partial charge on any atom is -0.253 e. The lowest BCUT2D eigenvalue weighted by Crippen LogP contribution is -2.16. The minimum absolute atomic E-state index is 0.00332. The van der Waals surface area contributed by atoms with E-state index in [4.69, 9.17) is 0 Å². The number of hydrogen-bond acceptors (Lipinski definition) is 5. The van der Waals surface area contributed by atoms with Gasteiger partial charge in [-0.3, -0.25) is 4.72 Å². The van der Waals surface area contributed by atoms with E-state index in [1.807, 2.05) is 20.8 Å². The Labute approximate surface area is 125 Å². The van der Waals surface area contributed by atoms with Crippen LogP contribution in [0.1, 0.15) is 26.6 Å². The first-order valence-electron chi connectivity index (χ1n) is 5.92. The third-order valence-corrected chi connectivity index (χ3v) is 4.64. The number of rotatable bonds is 3. The van der Waals surface area contributed by atoms with E-state index < -0.39 is 26.6 Å². The molecule has 9 heteroatoms. The zero-order valence-electron chi connectivity index (χ0n) is 11.5. The summed E-state index contributed by atoms with van der Waals surface area (Å²) in [5.41, 5.74) is -0.343. The Morgan fingerprint density at radius 1 is 1.24 bits per heavy atom. The third kappa shape index (κ3) is 3.35. The maximum Gasteiger partial charge on any atom is 0.266 e. The first kappa shape index (κ1) is 15.8. The van der Waals surface area contributed by atoms with Crippen LogP contribution in [0.25, 0.3) is 0 Å². The van der Waals surface area contributed by atoms with Crippen LogP contribution in [0.15, 0.2) is 23.1 Å². The largest absolute Gasteiger partial charge is 0.266 e. The van der Waals surface area contributed by atoms with E-state index in [1.54, 1.807) is 0 Å². The van der Waals surface area contributed by atoms with Crippen molar-refractivity contribution in [3.8, 4) is 0 Å². The quantitative estimate of drug-likeness (QED) is 0.937. The van der Waals surface area contributed by atoms with Gasteiger partial charge in [0.15, 0.2) is 11.6 Å². The van der Waals surface area contributed by atoms with Crippen LogP contribution in [0.3, 0.4) is 0 Å². The highest BCUT2D eigenvalue weighted by atomic mass is 32.2. The highest BCUT2D eigenvalue weighted by Crippen LogP contribution is 2.25. The molecule has 0 saturated heterocycles. The molecular weight excluding hydrogens is 320 g/mol. The summed E-state index contributed by atoms with van der Waals surface area (Å²) >= 11 is 0.840. The molecule has 0 aliphatic carbocycles. The van der Waals surface area contributed by atoms with Crippen molar-refractivity contribution in [2.75, 3.05) is 4.72 Å². The molecule has 0 amide bonds. The van der Waals surface area contributed by atoms with E-state index in [0.29, 0.717) is 5.82 Å². The fourth-order valence-corrected chi connectivity index (χ4v) is 3.50. The van der Waals surface area contributed by atoms with Gasteiger partial charge in [-0.15, -0.1) is 0 Å². The second-order valence-electron chi connectivity index (χ2n) is 5.33. The molecule has 5 nitrogen and oxygen atoms in total. The average Bonchev–Trinajstić information content (AvgIpc) is 2.80. The maximum absolute atomic E-state index is 13.6. The Morgan fingerprint density at radius 2 is 1.90 bits per heavy atom. The maximum atomic E-state index is 13.6. The van der Waals surface area contributed by atoms with Crippen molar-refractivity contribution in [3.63, 3.8) is 0 Å². The number of halogens is 2. The SMILES string of the molecule is CC(C)(C)c1nsc(NS(=O)(=O)c2cccc(F)c2F)n1. The standard InChI is InChI=1S/C12H13F2N3O2S2/c1-12(2,3)10-15-11(20-16-10)17-21(18,19)8-6-4-5-7(13)9(8)14/h4-6H,1-3H3,(H,15,16,17). The zero-order chi connectivity index (χ0) is 15.8. The van der Waals surface area contributed by atoms with Crippen molar-refractivity contribution in [1.29, 1.82) is 0 Å². The van der Waals surface area contributed by atoms with Crippen LogP contribution in [0.2, 0.25) is 0 Å². The van der Waals surface area contributed by atoms with Crippen LogP contribution < -0.4 is 4.72 Å². The molecule has 0 saturated carbocycles. The molecular formula is C12H13F2N3O2S2. The van der Waals surface area contributed by atoms with Crippen molar-refractivity contribution in [1.82, 2.24) is 9.36 Å². The molecule has 1 aromatic heterocycles. The summed E-state index contributed by atoms with van der Waals surface area (Å²) in [6, 6.07) is 2.94.